The maximum absolute atomic E-state index is 13.7. The number of benzene rings is 3. The normalized spacial score (nSPS) is 17.7. The van der Waals surface area contributed by atoms with Crippen LogP contribution < -0.4 is 20.1 Å². The lowest BCUT2D eigenvalue weighted by Gasteiger charge is -2.38. The van der Waals surface area contributed by atoms with Gasteiger partial charge in [0.15, 0.2) is 0 Å². The van der Waals surface area contributed by atoms with Gasteiger partial charge in [-0.2, -0.15) is 4.31 Å². The molecule has 4 rings (SSSR count). The molecular weight excluding hydrogens is 572 g/mol. The predicted octanol–water partition coefficient (Wildman–Crippen LogP) is 4.19. The van der Waals surface area contributed by atoms with Crippen molar-refractivity contribution in [3.05, 3.63) is 77.9 Å². The zero-order chi connectivity index (χ0) is 31.3. The third-order valence-corrected chi connectivity index (χ3v) is 9.27. The Labute approximate surface area is 252 Å². The van der Waals surface area contributed by atoms with Gasteiger partial charge in [0.05, 0.1) is 36.8 Å². The molecule has 3 aromatic carbocycles. The van der Waals surface area contributed by atoms with Crippen molar-refractivity contribution in [3.63, 3.8) is 0 Å². The van der Waals surface area contributed by atoms with Crippen LogP contribution >= 0.6 is 0 Å². The number of nitrogens with zero attached hydrogens (tertiary/aromatic N) is 2. The lowest BCUT2D eigenvalue weighted by atomic mass is 9.99. The van der Waals surface area contributed by atoms with Crippen LogP contribution in [0.2, 0.25) is 0 Å². The summed E-state index contributed by atoms with van der Waals surface area (Å²) in [5.74, 6) is 0.245. The maximum atomic E-state index is 13.7. The van der Waals surface area contributed by atoms with Crippen LogP contribution in [0, 0.1) is 12.8 Å². The van der Waals surface area contributed by atoms with Gasteiger partial charge in [-0.25, -0.2) is 13.2 Å². The van der Waals surface area contributed by atoms with E-state index in [-0.39, 0.29) is 47.7 Å². The number of aliphatic hydroxyl groups excluding tert-OH is 1. The molecule has 0 saturated carbocycles. The van der Waals surface area contributed by atoms with Gasteiger partial charge in [0, 0.05) is 30.9 Å². The second-order valence-corrected chi connectivity index (χ2v) is 12.8. The molecular formula is C31H38N4O7S. The number of hydrogen-bond acceptors (Lipinski definition) is 7. The minimum absolute atomic E-state index is 0.0244. The van der Waals surface area contributed by atoms with Gasteiger partial charge in [0.2, 0.25) is 10.0 Å². The molecule has 3 aromatic rings. The van der Waals surface area contributed by atoms with Gasteiger partial charge >= 0.3 is 6.03 Å². The van der Waals surface area contributed by atoms with Crippen molar-refractivity contribution in [2.75, 3.05) is 44.5 Å². The molecule has 1 aliphatic heterocycles. The lowest BCUT2D eigenvalue weighted by Crippen LogP contribution is -2.50. The fourth-order valence-corrected chi connectivity index (χ4v) is 5.91. The Morgan fingerprint density at radius 1 is 1.09 bits per heavy atom. The summed E-state index contributed by atoms with van der Waals surface area (Å²) in [4.78, 5) is 28.1. The average molecular weight is 611 g/mol. The van der Waals surface area contributed by atoms with Gasteiger partial charge in [0.25, 0.3) is 5.91 Å². The Balaban J connectivity index is 1.59. The molecule has 0 bridgehead atoms. The fourth-order valence-electron chi connectivity index (χ4n) is 4.73. The van der Waals surface area contributed by atoms with Crippen LogP contribution in [0.25, 0.3) is 0 Å². The van der Waals surface area contributed by atoms with Crippen molar-refractivity contribution in [1.29, 1.82) is 0 Å². The van der Waals surface area contributed by atoms with Crippen molar-refractivity contribution < 1.29 is 32.6 Å². The number of fused-ring (bicyclic) bond motifs is 1. The van der Waals surface area contributed by atoms with E-state index in [9.17, 15) is 23.1 Å². The quantitative estimate of drug-likeness (QED) is 0.330. The van der Waals surface area contributed by atoms with E-state index in [1.54, 1.807) is 79.6 Å². The number of urea groups is 1. The number of hydrogen-bond donors (Lipinski definition) is 3. The van der Waals surface area contributed by atoms with E-state index in [0.29, 0.717) is 17.1 Å². The number of amides is 3. The first-order chi connectivity index (χ1) is 20.4. The van der Waals surface area contributed by atoms with E-state index in [4.69, 9.17) is 9.47 Å². The Bertz CT molecular complexity index is 1550. The number of anilines is 2. The summed E-state index contributed by atoms with van der Waals surface area (Å²) in [6.45, 7) is 5.49. The Morgan fingerprint density at radius 3 is 2.35 bits per heavy atom. The van der Waals surface area contributed by atoms with E-state index < -0.39 is 28.2 Å². The monoisotopic (exact) mass is 610 g/mol. The van der Waals surface area contributed by atoms with E-state index in [0.717, 1.165) is 5.56 Å². The zero-order valence-corrected chi connectivity index (χ0v) is 25.7. The van der Waals surface area contributed by atoms with Gasteiger partial charge in [0.1, 0.15) is 17.6 Å². The molecule has 43 heavy (non-hydrogen) atoms. The van der Waals surface area contributed by atoms with Crippen LogP contribution in [0.4, 0.5) is 16.2 Å². The number of likely N-dealkylation sites (N-methyl/N-ethyl adjacent to an activating group) is 1. The zero-order valence-electron chi connectivity index (χ0n) is 24.9. The second kappa shape index (κ2) is 13.4. The number of aryl methyl sites for hydroxylation is 1. The van der Waals surface area contributed by atoms with E-state index >= 15 is 0 Å². The number of ether oxygens (including phenoxy) is 2. The molecule has 230 valence electrons. The van der Waals surface area contributed by atoms with Gasteiger partial charge in [-0.05, 0) is 68.4 Å². The van der Waals surface area contributed by atoms with Crippen molar-refractivity contribution in [3.8, 4) is 11.5 Å². The highest BCUT2D eigenvalue weighted by Gasteiger charge is 2.35. The fraction of sp³-hybridized carbons (Fsp3) is 0.355. The topological polar surface area (TPSA) is 138 Å². The summed E-state index contributed by atoms with van der Waals surface area (Å²) in [6, 6.07) is 17.1. The summed E-state index contributed by atoms with van der Waals surface area (Å²) in [5.41, 5.74) is 2.03. The number of carbonyl (C=O) groups excluding carboxylic acids is 2. The summed E-state index contributed by atoms with van der Waals surface area (Å²) in [6.07, 6.45) is -0.623. The molecule has 1 aliphatic rings. The maximum Gasteiger partial charge on any atom is 0.323 e. The highest BCUT2D eigenvalue weighted by atomic mass is 32.2. The van der Waals surface area contributed by atoms with Gasteiger partial charge in [-0.1, -0.05) is 24.6 Å². The van der Waals surface area contributed by atoms with Crippen molar-refractivity contribution in [1.82, 2.24) is 9.21 Å². The van der Waals surface area contributed by atoms with Gasteiger partial charge in [-0.15, -0.1) is 0 Å². The number of methoxy groups -OCH3 is 1. The molecule has 11 nitrogen and oxygen atoms in total. The number of nitrogens with one attached hydrogen (secondary N) is 2. The summed E-state index contributed by atoms with van der Waals surface area (Å²) < 4.78 is 39.4. The SMILES string of the molecule is COc1ccc(NC(=O)Nc2ccc3c(c2)C(=O)N([C@@H](C)CO)C[C@@H](C)[C@H](CN(C)S(=O)(=O)c2ccc(C)cc2)O3)cc1. The molecule has 1 heterocycles. The van der Waals surface area contributed by atoms with Crippen LogP contribution in [-0.4, -0.2) is 80.7 Å². The highest BCUT2D eigenvalue weighted by molar-refractivity contribution is 7.89. The first-order valence-corrected chi connectivity index (χ1v) is 15.3. The average Bonchev–Trinajstić information content (AvgIpc) is 2.99. The van der Waals surface area contributed by atoms with Crippen LogP contribution in [0.1, 0.15) is 29.8 Å². The van der Waals surface area contributed by atoms with Crippen LogP contribution in [0.5, 0.6) is 11.5 Å². The van der Waals surface area contributed by atoms with Gasteiger partial charge < -0.3 is 30.1 Å². The minimum atomic E-state index is -3.80. The number of rotatable bonds is 9. The van der Waals surface area contributed by atoms with Crippen LogP contribution in [0.15, 0.2) is 71.6 Å². The van der Waals surface area contributed by atoms with Crippen LogP contribution in [0.3, 0.4) is 0 Å². The molecule has 0 unspecified atom stereocenters. The largest absolute Gasteiger partial charge is 0.497 e. The molecule has 0 radical (unpaired) electrons. The first kappa shape index (κ1) is 31.8. The Morgan fingerprint density at radius 2 is 1.72 bits per heavy atom. The number of carbonyl (C=O) groups is 2. The molecule has 12 heteroatoms. The Hall–Kier alpha value is -4.13. The molecule has 0 spiro atoms. The summed E-state index contributed by atoms with van der Waals surface area (Å²) in [7, 11) is -0.749. The molecule has 3 amide bonds. The third kappa shape index (κ3) is 7.45. The Kier molecular flexibility index (Phi) is 9.95. The first-order valence-electron chi connectivity index (χ1n) is 13.9. The summed E-state index contributed by atoms with van der Waals surface area (Å²) in [5, 5.41) is 15.4. The smallest absolute Gasteiger partial charge is 0.323 e. The molecule has 0 saturated heterocycles. The molecule has 0 aliphatic carbocycles. The van der Waals surface area contributed by atoms with Crippen LogP contribution in [-0.2, 0) is 10.0 Å². The van der Waals surface area contributed by atoms with Gasteiger partial charge in [-0.3, -0.25) is 4.79 Å². The van der Waals surface area contributed by atoms with E-state index in [2.05, 4.69) is 10.6 Å². The number of sulfonamides is 1. The molecule has 0 aromatic heterocycles. The minimum Gasteiger partial charge on any atom is -0.497 e. The third-order valence-electron chi connectivity index (χ3n) is 7.44. The second-order valence-electron chi connectivity index (χ2n) is 10.7. The van der Waals surface area contributed by atoms with E-state index in [1.165, 1.54) is 17.4 Å². The molecule has 0 fully saturated rings. The highest BCUT2D eigenvalue weighted by Crippen LogP contribution is 2.31. The predicted molar refractivity (Wildman–Crippen MR) is 164 cm³/mol. The number of aliphatic hydroxyl groups is 1. The standard InChI is InChI=1S/C31H38N4O7S/c1-20-6-13-26(14-7-20)43(39,40)34(4)18-29-21(2)17-35(22(3)19-36)30(37)27-16-24(10-15-28(27)42-29)33-31(38)32-23-8-11-25(41-5)12-9-23/h6-16,21-22,29,36H,17-19H2,1-5H3,(H2,32,33,38)/t21-,22+,29+/m1/s1. The molecule has 3 atom stereocenters. The molecule has 3 N–H and O–H groups in total. The van der Waals surface area contributed by atoms with Crippen molar-refractivity contribution >= 4 is 33.3 Å². The van der Waals surface area contributed by atoms with Crippen molar-refractivity contribution in [2.45, 2.75) is 37.8 Å². The van der Waals surface area contributed by atoms with E-state index in [1.807, 2.05) is 13.8 Å². The summed E-state index contributed by atoms with van der Waals surface area (Å²) >= 11 is 0. The van der Waals surface area contributed by atoms with Crippen molar-refractivity contribution in [2.24, 2.45) is 5.92 Å². The lowest BCUT2D eigenvalue weighted by molar-refractivity contribution is 0.0387.